The summed E-state index contributed by atoms with van der Waals surface area (Å²) in [5, 5.41) is 0. The summed E-state index contributed by atoms with van der Waals surface area (Å²) in [6.07, 6.45) is 2.17. The molecule has 0 aliphatic carbocycles. The van der Waals surface area contributed by atoms with Crippen molar-refractivity contribution in [1.82, 2.24) is 19.7 Å². The van der Waals surface area contributed by atoms with E-state index in [1.165, 1.54) is 12.8 Å². The summed E-state index contributed by atoms with van der Waals surface area (Å²) in [6.45, 7) is 13.2. The molecule has 7 nitrogen and oxygen atoms in total. The highest BCUT2D eigenvalue weighted by Crippen LogP contribution is 2.28. The lowest BCUT2D eigenvalue weighted by atomic mass is 10.0. The minimum atomic E-state index is -0.446. The highest BCUT2D eigenvalue weighted by molar-refractivity contribution is 5.72. The standard InChI is InChI=1S/C23H34N4O3/c1-17(21-24-19-9-5-6-10-20(19)29-21)27-11-7-8-18(16-27)25-12-14-26(15-13-25)22(28)30-23(2,3)4/h5-6,9-10,17-18H,7-8,11-16H2,1-4H3. The second kappa shape index (κ2) is 8.55. The van der Waals surface area contributed by atoms with Gasteiger partial charge in [0, 0.05) is 38.8 Å². The van der Waals surface area contributed by atoms with Crippen LogP contribution < -0.4 is 0 Å². The zero-order valence-electron chi connectivity index (χ0n) is 18.6. The summed E-state index contributed by atoms with van der Waals surface area (Å²) >= 11 is 0. The molecule has 1 aromatic heterocycles. The van der Waals surface area contributed by atoms with E-state index in [9.17, 15) is 4.79 Å². The third kappa shape index (κ3) is 4.78. The molecule has 2 unspecified atom stereocenters. The van der Waals surface area contributed by atoms with E-state index in [4.69, 9.17) is 14.1 Å². The Morgan fingerprint density at radius 3 is 2.60 bits per heavy atom. The molecule has 2 aliphatic rings. The van der Waals surface area contributed by atoms with Crippen molar-refractivity contribution in [3.63, 3.8) is 0 Å². The quantitative estimate of drug-likeness (QED) is 0.759. The van der Waals surface area contributed by atoms with E-state index in [1.54, 1.807) is 0 Å². The Morgan fingerprint density at radius 1 is 1.17 bits per heavy atom. The largest absolute Gasteiger partial charge is 0.444 e. The van der Waals surface area contributed by atoms with Crippen LogP contribution in [-0.4, -0.2) is 76.7 Å². The molecule has 7 heteroatoms. The van der Waals surface area contributed by atoms with E-state index in [0.29, 0.717) is 6.04 Å². The van der Waals surface area contributed by atoms with E-state index >= 15 is 0 Å². The first-order valence-corrected chi connectivity index (χ1v) is 11.1. The first kappa shape index (κ1) is 21.1. The number of carbonyl (C=O) groups excluding carboxylic acids is 1. The van der Waals surface area contributed by atoms with Crippen molar-refractivity contribution in [2.75, 3.05) is 39.3 Å². The van der Waals surface area contributed by atoms with Gasteiger partial charge in [-0.2, -0.15) is 0 Å². The van der Waals surface area contributed by atoms with Crippen LogP contribution in [0.4, 0.5) is 4.79 Å². The van der Waals surface area contributed by atoms with Gasteiger partial charge in [-0.3, -0.25) is 9.80 Å². The minimum absolute atomic E-state index is 0.156. The molecule has 30 heavy (non-hydrogen) atoms. The van der Waals surface area contributed by atoms with E-state index in [0.717, 1.165) is 56.3 Å². The molecule has 2 fully saturated rings. The third-order valence-corrected chi connectivity index (χ3v) is 6.13. The van der Waals surface area contributed by atoms with Gasteiger partial charge in [0.05, 0.1) is 6.04 Å². The number of amides is 1. The summed E-state index contributed by atoms with van der Waals surface area (Å²) in [5.41, 5.74) is 1.33. The smallest absolute Gasteiger partial charge is 0.410 e. The Balaban J connectivity index is 1.33. The molecular formula is C23H34N4O3. The van der Waals surface area contributed by atoms with Crippen LogP contribution in [-0.2, 0) is 4.74 Å². The number of carbonyl (C=O) groups is 1. The molecule has 0 bridgehead atoms. The summed E-state index contributed by atoms with van der Waals surface area (Å²) in [7, 11) is 0. The van der Waals surface area contributed by atoms with Gasteiger partial charge in [-0.05, 0) is 59.2 Å². The number of hydrogen-bond acceptors (Lipinski definition) is 6. The number of likely N-dealkylation sites (tertiary alicyclic amines) is 1. The summed E-state index contributed by atoms with van der Waals surface area (Å²) < 4.78 is 11.5. The van der Waals surface area contributed by atoms with Crippen LogP contribution >= 0.6 is 0 Å². The Morgan fingerprint density at radius 2 is 1.90 bits per heavy atom. The van der Waals surface area contributed by atoms with E-state index in [1.807, 2.05) is 49.9 Å². The number of hydrogen-bond donors (Lipinski definition) is 0. The maximum absolute atomic E-state index is 12.3. The zero-order valence-corrected chi connectivity index (χ0v) is 18.6. The number of aromatic nitrogens is 1. The SMILES string of the molecule is CC(c1nc2ccccc2o1)N1CCCC(N2CCN(C(=O)OC(C)(C)C)CC2)C1. The Hall–Kier alpha value is -2.12. The number of nitrogens with zero attached hydrogens (tertiary/aromatic N) is 4. The van der Waals surface area contributed by atoms with Gasteiger partial charge < -0.3 is 14.1 Å². The lowest BCUT2D eigenvalue weighted by Crippen LogP contribution is -2.56. The molecule has 2 atom stereocenters. The molecule has 164 valence electrons. The van der Waals surface area contributed by atoms with Crippen molar-refractivity contribution >= 4 is 17.2 Å². The fourth-order valence-corrected chi connectivity index (χ4v) is 4.45. The number of rotatable bonds is 3. The van der Waals surface area contributed by atoms with E-state index in [2.05, 4.69) is 16.7 Å². The summed E-state index contributed by atoms with van der Waals surface area (Å²) in [4.78, 5) is 23.9. The van der Waals surface area contributed by atoms with Crippen molar-refractivity contribution in [3.05, 3.63) is 30.2 Å². The van der Waals surface area contributed by atoms with Crippen LogP contribution in [0.5, 0.6) is 0 Å². The maximum Gasteiger partial charge on any atom is 0.410 e. The summed E-state index contributed by atoms with van der Waals surface area (Å²) in [5.74, 6) is 0.798. The van der Waals surface area contributed by atoms with Crippen LogP contribution in [0.2, 0.25) is 0 Å². The van der Waals surface area contributed by atoms with Gasteiger partial charge in [0.1, 0.15) is 11.1 Å². The average Bonchev–Trinajstić information content (AvgIpc) is 3.16. The molecule has 1 amide bonds. The molecule has 0 spiro atoms. The number of benzene rings is 1. The van der Waals surface area contributed by atoms with Gasteiger partial charge in [-0.15, -0.1) is 0 Å². The van der Waals surface area contributed by atoms with Crippen LogP contribution in [0.25, 0.3) is 11.1 Å². The first-order valence-electron chi connectivity index (χ1n) is 11.1. The first-order chi connectivity index (χ1) is 14.3. The molecule has 2 aromatic rings. The highest BCUT2D eigenvalue weighted by Gasteiger charge is 2.33. The molecule has 4 rings (SSSR count). The number of piperidine rings is 1. The molecule has 3 heterocycles. The lowest BCUT2D eigenvalue weighted by Gasteiger charge is -2.44. The maximum atomic E-state index is 12.3. The lowest BCUT2D eigenvalue weighted by molar-refractivity contribution is 0.00149. The normalized spacial score (nSPS) is 22.9. The van der Waals surface area contributed by atoms with Gasteiger partial charge in [-0.1, -0.05) is 12.1 Å². The second-order valence-corrected chi connectivity index (χ2v) is 9.49. The molecule has 1 aromatic carbocycles. The van der Waals surface area contributed by atoms with Gasteiger partial charge in [-0.25, -0.2) is 9.78 Å². The number of ether oxygens (including phenoxy) is 1. The van der Waals surface area contributed by atoms with Crippen LogP contribution in [0.15, 0.2) is 28.7 Å². The molecule has 2 saturated heterocycles. The summed E-state index contributed by atoms with van der Waals surface area (Å²) in [6, 6.07) is 8.61. The van der Waals surface area contributed by atoms with Crippen molar-refractivity contribution in [3.8, 4) is 0 Å². The fourth-order valence-electron chi connectivity index (χ4n) is 4.45. The minimum Gasteiger partial charge on any atom is -0.444 e. The Bertz CT molecular complexity index is 834. The molecular weight excluding hydrogens is 380 g/mol. The van der Waals surface area contributed by atoms with Crippen molar-refractivity contribution in [2.24, 2.45) is 0 Å². The number of oxazole rings is 1. The highest BCUT2D eigenvalue weighted by atomic mass is 16.6. The van der Waals surface area contributed by atoms with Gasteiger partial charge >= 0.3 is 6.09 Å². The monoisotopic (exact) mass is 414 g/mol. The third-order valence-electron chi connectivity index (χ3n) is 6.13. The molecule has 0 N–H and O–H groups in total. The predicted octanol–water partition coefficient (Wildman–Crippen LogP) is 3.91. The number of fused-ring (bicyclic) bond motifs is 1. The van der Waals surface area contributed by atoms with Crippen molar-refractivity contribution < 1.29 is 13.9 Å². The van der Waals surface area contributed by atoms with E-state index in [-0.39, 0.29) is 12.1 Å². The average molecular weight is 415 g/mol. The molecule has 0 saturated carbocycles. The van der Waals surface area contributed by atoms with Gasteiger partial charge in [0.15, 0.2) is 5.58 Å². The fraction of sp³-hybridized carbons (Fsp3) is 0.652. The van der Waals surface area contributed by atoms with Crippen molar-refractivity contribution in [1.29, 1.82) is 0 Å². The zero-order chi connectivity index (χ0) is 21.3. The van der Waals surface area contributed by atoms with Crippen LogP contribution in [0.3, 0.4) is 0 Å². The van der Waals surface area contributed by atoms with Crippen LogP contribution in [0.1, 0.15) is 52.5 Å². The second-order valence-electron chi connectivity index (χ2n) is 9.49. The Kier molecular flexibility index (Phi) is 6.02. The topological polar surface area (TPSA) is 62.1 Å². The van der Waals surface area contributed by atoms with E-state index < -0.39 is 5.60 Å². The van der Waals surface area contributed by atoms with Gasteiger partial charge in [0.25, 0.3) is 0 Å². The van der Waals surface area contributed by atoms with Crippen molar-refractivity contribution in [2.45, 2.75) is 58.2 Å². The molecule has 2 aliphatic heterocycles. The van der Waals surface area contributed by atoms with Crippen LogP contribution in [0, 0.1) is 0 Å². The van der Waals surface area contributed by atoms with Gasteiger partial charge in [0.2, 0.25) is 5.89 Å². The molecule has 0 radical (unpaired) electrons. The number of para-hydroxylation sites is 2. The number of piperazine rings is 1. The predicted molar refractivity (Wildman–Crippen MR) is 116 cm³/mol. The Labute approximate surface area is 179 Å².